The average molecular weight is 284 g/mol. The van der Waals surface area contributed by atoms with Crippen LogP contribution in [0, 0.1) is 16.0 Å². The summed E-state index contributed by atoms with van der Waals surface area (Å²) in [5, 5.41) is 21.5. The topological polar surface area (TPSA) is 66.6 Å². The van der Waals surface area contributed by atoms with E-state index in [0.29, 0.717) is 15.8 Å². The summed E-state index contributed by atoms with van der Waals surface area (Å²) in [6.07, 6.45) is 2.75. The van der Waals surface area contributed by atoms with Crippen LogP contribution < -0.4 is 4.90 Å². The summed E-state index contributed by atoms with van der Waals surface area (Å²) >= 11 is 1.35. The summed E-state index contributed by atoms with van der Waals surface area (Å²) in [6.45, 7) is 5.57. The highest BCUT2D eigenvalue weighted by molar-refractivity contribution is 7.16. The fourth-order valence-corrected chi connectivity index (χ4v) is 3.63. The molecule has 2 atom stereocenters. The van der Waals surface area contributed by atoms with Crippen LogP contribution in [0.4, 0.5) is 10.7 Å². The Kier molecular flexibility index (Phi) is 4.42. The molecule has 0 aliphatic carbocycles. The van der Waals surface area contributed by atoms with Gasteiger partial charge in [-0.15, -0.1) is 11.3 Å². The lowest BCUT2D eigenvalue weighted by Gasteiger charge is -2.32. The van der Waals surface area contributed by atoms with E-state index in [-0.39, 0.29) is 10.6 Å². The van der Waals surface area contributed by atoms with Gasteiger partial charge in [-0.1, -0.05) is 13.3 Å². The van der Waals surface area contributed by atoms with Gasteiger partial charge in [0.2, 0.25) is 0 Å². The molecule has 0 aromatic carbocycles. The van der Waals surface area contributed by atoms with E-state index in [1.165, 1.54) is 23.8 Å². The highest BCUT2D eigenvalue weighted by atomic mass is 32.1. The maximum Gasteiger partial charge on any atom is 0.304 e. The molecule has 1 aliphatic heterocycles. The Labute approximate surface area is 117 Å². The zero-order valence-electron chi connectivity index (χ0n) is 11.3. The lowest BCUT2D eigenvalue weighted by Crippen LogP contribution is -2.34. The van der Waals surface area contributed by atoms with Gasteiger partial charge in [0.1, 0.15) is 0 Å². The number of aliphatic hydroxyl groups is 1. The zero-order chi connectivity index (χ0) is 14.0. The standard InChI is InChI=1S/C13H20N2O3S/c1-3-10-5-4-6-14(8-10)13-11(15(17)18)7-12(19-13)9(2)16/h7,9-10,16H,3-6,8H2,1-2H3/t9-,10?/m0/s1. The van der Waals surface area contributed by atoms with Crippen LogP contribution in [0.5, 0.6) is 0 Å². The lowest BCUT2D eigenvalue weighted by atomic mass is 9.96. The number of nitro groups is 1. The largest absolute Gasteiger partial charge is 0.388 e. The first-order valence-corrected chi connectivity index (χ1v) is 7.55. The van der Waals surface area contributed by atoms with E-state index in [1.54, 1.807) is 6.92 Å². The fraction of sp³-hybridized carbons (Fsp3) is 0.692. The third-order valence-electron chi connectivity index (χ3n) is 3.70. The number of nitrogens with zero attached hydrogens (tertiary/aromatic N) is 2. The minimum Gasteiger partial charge on any atom is -0.388 e. The Morgan fingerprint density at radius 3 is 3.00 bits per heavy atom. The molecule has 19 heavy (non-hydrogen) atoms. The molecule has 0 saturated carbocycles. The van der Waals surface area contributed by atoms with E-state index in [9.17, 15) is 15.2 Å². The van der Waals surface area contributed by atoms with Crippen molar-refractivity contribution in [3.63, 3.8) is 0 Å². The predicted molar refractivity (Wildman–Crippen MR) is 76.8 cm³/mol. The van der Waals surface area contributed by atoms with Gasteiger partial charge < -0.3 is 10.0 Å². The summed E-state index contributed by atoms with van der Waals surface area (Å²) in [5.74, 6) is 0.616. The second-order valence-corrected chi connectivity index (χ2v) is 6.20. The van der Waals surface area contributed by atoms with E-state index in [4.69, 9.17) is 0 Å². The van der Waals surface area contributed by atoms with E-state index >= 15 is 0 Å². The van der Waals surface area contributed by atoms with Gasteiger partial charge in [-0.05, 0) is 25.7 Å². The van der Waals surface area contributed by atoms with Gasteiger partial charge in [-0.2, -0.15) is 0 Å². The summed E-state index contributed by atoms with van der Waals surface area (Å²) in [5.41, 5.74) is 0.137. The van der Waals surface area contributed by atoms with Gasteiger partial charge in [-0.25, -0.2) is 0 Å². The highest BCUT2D eigenvalue weighted by Crippen LogP contribution is 2.41. The normalized spacial score (nSPS) is 21.4. The van der Waals surface area contributed by atoms with Crippen LogP contribution in [0.3, 0.4) is 0 Å². The number of thiophene rings is 1. The Hall–Kier alpha value is -1.14. The monoisotopic (exact) mass is 284 g/mol. The van der Waals surface area contributed by atoms with Crippen LogP contribution in [-0.4, -0.2) is 23.1 Å². The zero-order valence-corrected chi connectivity index (χ0v) is 12.2. The molecule has 106 valence electrons. The van der Waals surface area contributed by atoms with E-state index in [1.807, 2.05) is 0 Å². The first-order valence-electron chi connectivity index (χ1n) is 6.74. The van der Waals surface area contributed by atoms with Crippen molar-refractivity contribution >= 4 is 22.0 Å². The fourth-order valence-electron chi connectivity index (χ4n) is 2.54. The molecule has 6 heteroatoms. The first-order chi connectivity index (χ1) is 9.02. The van der Waals surface area contributed by atoms with E-state index in [0.717, 1.165) is 25.9 Å². The van der Waals surface area contributed by atoms with Crippen LogP contribution in [-0.2, 0) is 0 Å². The molecular weight excluding hydrogens is 264 g/mol. The first kappa shape index (κ1) is 14.3. The Morgan fingerprint density at radius 1 is 1.68 bits per heavy atom. The molecule has 2 rings (SSSR count). The summed E-state index contributed by atoms with van der Waals surface area (Å²) < 4.78 is 0. The molecular formula is C13H20N2O3S. The number of hydrogen-bond donors (Lipinski definition) is 1. The third kappa shape index (κ3) is 3.06. The molecule has 0 spiro atoms. The summed E-state index contributed by atoms with van der Waals surface area (Å²) in [6, 6.07) is 1.51. The molecule has 1 saturated heterocycles. The van der Waals surface area contributed by atoms with Crippen molar-refractivity contribution < 1.29 is 10.0 Å². The van der Waals surface area contributed by atoms with Gasteiger partial charge in [0.25, 0.3) is 0 Å². The number of aliphatic hydroxyl groups excluding tert-OH is 1. The van der Waals surface area contributed by atoms with Crippen LogP contribution in [0.15, 0.2) is 6.07 Å². The van der Waals surface area contributed by atoms with E-state index in [2.05, 4.69) is 11.8 Å². The van der Waals surface area contributed by atoms with Gasteiger partial charge in [0.05, 0.1) is 11.0 Å². The molecule has 1 aromatic rings. The minimum atomic E-state index is -0.649. The van der Waals surface area contributed by atoms with Crippen molar-refractivity contribution in [3.8, 4) is 0 Å². The SMILES string of the molecule is CCC1CCCN(c2sc([C@H](C)O)cc2[N+](=O)[O-])C1. The predicted octanol–water partition coefficient (Wildman–Crippen LogP) is 3.34. The van der Waals surface area contributed by atoms with E-state index < -0.39 is 6.10 Å². The second kappa shape index (κ2) is 5.88. The molecule has 0 amide bonds. The molecule has 2 heterocycles. The smallest absolute Gasteiger partial charge is 0.304 e. The molecule has 1 aliphatic rings. The van der Waals surface area contributed by atoms with Gasteiger partial charge in [-0.3, -0.25) is 10.1 Å². The quantitative estimate of drug-likeness (QED) is 0.680. The van der Waals surface area contributed by atoms with Crippen molar-refractivity contribution in [2.24, 2.45) is 5.92 Å². The van der Waals surface area contributed by atoms with Crippen LogP contribution in [0.2, 0.25) is 0 Å². The molecule has 1 fully saturated rings. The Bertz CT molecular complexity index is 459. The van der Waals surface area contributed by atoms with Crippen LogP contribution in [0.1, 0.15) is 44.1 Å². The van der Waals surface area contributed by atoms with Crippen molar-refractivity contribution in [1.29, 1.82) is 0 Å². The summed E-state index contributed by atoms with van der Waals surface area (Å²) in [7, 11) is 0. The van der Waals surface area contributed by atoms with Crippen LogP contribution in [0.25, 0.3) is 0 Å². The third-order valence-corrected chi connectivity index (χ3v) is 5.06. The van der Waals surface area contributed by atoms with Crippen molar-refractivity contribution in [1.82, 2.24) is 0 Å². The molecule has 1 N–H and O–H groups in total. The number of anilines is 1. The van der Waals surface area contributed by atoms with Gasteiger partial charge >= 0.3 is 5.69 Å². The number of piperidine rings is 1. The Morgan fingerprint density at radius 2 is 2.42 bits per heavy atom. The number of hydrogen-bond acceptors (Lipinski definition) is 5. The van der Waals surface area contributed by atoms with Crippen molar-refractivity contribution in [3.05, 3.63) is 21.1 Å². The molecule has 1 unspecified atom stereocenters. The lowest BCUT2D eigenvalue weighted by molar-refractivity contribution is -0.383. The Balaban J connectivity index is 2.29. The minimum absolute atomic E-state index is 0.137. The molecule has 1 aromatic heterocycles. The maximum absolute atomic E-state index is 11.2. The maximum atomic E-state index is 11.2. The second-order valence-electron chi connectivity index (χ2n) is 5.13. The highest BCUT2D eigenvalue weighted by Gasteiger charge is 2.28. The molecule has 0 radical (unpaired) electrons. The number of rotatable bonds is 4. The molecule has 0 bridgehead atoms. The van der Waals surface area contributed by atoms with Gasteiger partial charge in [0.15, 0.2) is 5.00 Å². The molecule has 5 nitrogen and oxygen atoms in total. The van der Waals surface area contributed by atoms with Gasteiger partial charge in [0, 0.05) is 24.0 Å². The average Bonchev–Trinajstić information content (AvgIpc) is 2.84. The van der Waals surface area contributed by atoms with Crippen molar-refractivity contribution in [2.45, 2.75) is 39.2 Å². The van der Waals surface area contributed by atoms with Crippen LogP contribution >= 0.6 is 11.3 Å². The summed E-state index contributed by atoms with van der Waals surface area (Å²) in [4.78, 5) is 13.6. The van der Waals surface area contributed by atoms with Crippen molar-refractivity contribution in [2.75, 3.05) is 18.0 Å².